The van der Waals surface area contributed by atoms with Crippen molar-refractivity contribution in [2.75, 3.05) is 24.5 Å². The van der Waals surface area contributed by atoms with E-state index in [1.807, 2.05) is 23.1 Å². The van der Waals surface area contributed by atoms with Crippen LogP contribution < -0.4 is 10.6 Å². The molecule has 1 saturated heterocycles. The fraction of sp³-hybridized carbons (Fsp3) is 0.533. The molecule has 3 rings (SSSR count). The fourth-order valence-corrected chi connectivity index (χ4v) is 3.22. The number of carbonyl (C=O) groups is 1. The molecule has 0 aromatic heterocycles. The van der Waals surface area contributed by atoms with E-state index in [-0.39, 0.29) is 30.4 Å². The number of nitrogens with zero attached hydrogens (tertiary/aromatic N) is 2. The van der Waals surface area contributed by atoms with E-state index < -0.39 is 0 Å². The Hall–Kier alpha value is -1.10. The molecule has 0 bridgehead atoms. The van der Waals surface area contributed by atoms with Gasteiger partial charge in [-0.05, 0) is 31.4 Å². The lowest BCUT2D eigenvalue weighted by molar-refractivity contribution is -0.119. The molecular weight excluding hydrogens is 274 g/mol. The van der Waals surface area contributed by atoms with Crippen molar-refractivity contribution in [1.29, 1.82) is 0 Å². The minimum absolute atomic E-state index is 0. The largest absolute Gasteiger partial charge is 0.326 e. The van der Waals surface area contributed by atoms with Gasteiger partial charge in [0.2, 0.25) is 5.91 Å². The van der Waals surface area contributed by atoms with Gasteiger partial charge in [-0.1, -0.05) is 18.2 Å². The Kier molecular flexibility index (Phi) is 4.68. The van der Waals surface area contributed by atoms with E-state index in [1.54, 1.807) is 0 Å². The van der Waals surface area contributed by atoms with Gasteiger partial charge in [0.05, 0.1) is 6.54 Å². The summed E-state index contributed by atoms with van der Waals surface area (Å²) in [6.45, 7) is 4.40. The van der Waals surface area contributed by atoms with Gasteiger partial charge in [0, 0.05) is 30.9 Å². The second kappa shape index (κ2) is 6.12. The van der Waals surface area contributed by atoms with Gasteiger partial charge in [0.15, 0.2) is 0 Å². The van der Waals surface area contributed by atoms with Gasteiger partial charge in [-0.15, -0.1) is 12.4 Å². The molecule has 0 spiro atoms. The summed E-state index contributed by atoms with van der Waals surface area (Å²) in [6, 6.07) is 8.71. The highest BCUT2D eigenvalue weighted by Gasteiger charge is 2.32. The first-order chi connectivity index (χ1) is 9.15. The van der Waals surface area contributed by atoms with Crippen molar-refractivity contribution in [3.63, 3.8) is 0 Å². The monoisotopic (exact) mass is 295 g/mol. The van der Waals surface area contributed by atoms with E-state index in [2.05, 4.69) is 17.9 Å². The summed E-state index contributed by atoms with van der Waals surface area (Å²) in [7, 11) is 0. The SMILES string of the molecule is CC1Cc2ccccc2N1C(=O)CN1CC[C@@H](N)C1.Cl. The van der Waals surface area contributed by atoms with Gasteiger partial charge in [-0.25, -0.2) is 0 Å². The molecule has 2 N–H and O–H groups in total. The van der Waals surface area contributed by atoms with Gasteiger partial charge in [0.25, 0.3) is 0 Å². The van der Waals surface area contributed by atoms with Crippen LogP contribution >= 0.6 is 12.4 Å². The predicted octanol–water partition coefficient (Wildman–Crippen LogP) is 1.42. The highest BCUT2D eigenvalue weighted by atomic mass is 35.5. The average Bonchev–Trinajstić information content (AvgIpc) is 2.91. The molecule has 2 aliphatic rings. The third-order valence-electron chi connectivity index (χ3n) is 4.14. The molecule has 2 aliphatic heterocycles. The molecule has 1 fully saturated rings. The number of halogens is 1. The number of carbonyl (C=O) groups excluding carboxylic acids is 1. The van der Waals surface area contributed by atoms with Crippen LogP contribution in [0.15, 0.2) is 24.3 Å². The fourth-order valence-electron chi connectivity index (χ4n) is 3.22. The van der Waals surface area contributed by atoms with Crippen LogP contribution in [0.1, 0.15) is 18.9 Å². The number of hydrogen-bond acceptors (Lipinski definition) is 3. The van der Waals surface area contributed by atoms with Crippen molar-refractivity contribution < 1.29 is 4.79 Å². The van der Waals surface area contributed by atoms with Crippen molar-refractivity contribution in [2.45, 2.75) is 31.8 Å². The van der Waals surface area contributed by atoms with Crippen LogP contribution in [0, 0.1) is 0 Å². The molecule has 5 heteroatoms. The number of rotatable bonds is 2. The zero-order valence-corrected chi connectivity index (χ0v) is 12.6. The lowest BCUT2D eigenvalue weighted by atomic mass is 10.1. The molecule has 110 valence electrons. The summed E-state index contributed by atoms with van der Waals surface area (Å²) in [5.74, 6) is 0.201. The van der Waals surface area contributed by atoms with Crippen molar-refractivity contribution in [2.24, 2.45) is 5.73 Å². The first-order valence-electron chi connectivity index (χ1n) is 7.03. The van der Waals surface area contributed by atoms with Crippen molar-refractivity contribution in [3.8, 4) is 0 Å². The molecule has 2 atom stereocenters. The minimum atomic E-state index is 0. The molecule has 1 amide bonds. The Morgan fingerprint density at radius 3 is 2.85 bits per heavy atom. The minimum Gasteiger partial charge on any atom is -0.326 e. The first-order valence-corrected chi connectivity index (χ1v) is 7.03. The Balaban J connectivity index is 0.00000147. The maximum Gasteiger partial charge on any atom is 0.241 e. The normalized spacial score (nSPS) is 25.4. The molecule has 0 radical (unpaired) electrons. The lowest BCUT2D eigenvalue weighted by Crippen LogP contribution is -2.43. The highest BCUT2D eigenvalue weighted by molar-refractivity contribution is 5.97. The second-order valence-electron chi connectivity index (χ2n) is 5.73. The number of anilines is 1. The van der Waals surface area contributed by atoms with Crippen molar-refractivity contribution in [3.05, 3.63) is 29.8 Å². The molecule has 0 aliphatic carbocycles. The number of likely N-dealkylation sites (tertiary alicyclic amines) is 1. The summed E-state index contributed by atoms with van der Waals surface area (Å²) in [5, 5.41) is 0. The van der Waals surface area contributed by atoms with Crippen LogP contribution in [0.4, 0.5) is 5.69 Å². The maximum atomic E-state index is 12.5. The zero-order chi connectivity index (χ0) is 13.4. The molecule has 2 heterocycles. The molecule has 0 saturated carbocycles. The van der Waals surface area contributed by atoms with Crippen molar-refractivity contribution in [1.82, 2.24) is 4.90 Å². The maximum absolute atomic E-state index is 12.5. The van der Waals surface area contributed by atoms with E-state index in [0.29, 0.717) is 6.54 Å². The van der Waals surface area contributed by atoms with E-state index in [1.165, 1.54) is 5.56 Å². The molecular formula is C15H22ClN3O. The molecule has 20 heavy (non-hydrogen) atoms. The van der Waals surface area contributed by atoms with Crippen LogP contribution in [-0.4, -0.2) is 42.5 Å². The van der Waals surface area contributed by atoms with E-state index in [4.69, 9.17) is 5.73 Å². The standard InChI is InChI=1S/C15H21N3O.ClH/c1-11-8-12-4-2-3-5-14(12)18(11)15(19)10-17-7-6-13(16)9-17;/h2-5,11,13H,6-10,16H2,1H3;1H/t11?,13-;/m1./s1. The number of fused-ring (bicyclic) bond motifs is 1. The number of benzene rings is 1. The highest BCUT2D eigenvalue weighted by Crippen LogP contribution is 2.31. The van der Waals surface area contributed by atoms with E-state index >= 15 is 0 Å². The van der Waals surface area contributed by atoms with Gasteiger partial charge in [0.1, 0.15) is 0 Å². The second-order valence-corrected chi connectivity index (χ2v) is 5.73. The lowest BCUT2D eigenvalue weighted by Gasteiger charge is -2.25. The topological polar surface area (TPSA) is 49.6 Å². The molecule has 1 unspecified atom stereocenters. The number of hydrogen-bond donors (Lipinski definition) is 1. The average molecular weight is 296 g/mol. The predicted molar refractivity (Wildman–Crippen MR) is 83.4 cm³/mol. The van der Waals surface area contributed by atoms with Gasteiger partial charge >= 0.3 is 0 Å². The zero-order valence-electron chi connectivity index (χ0n) is 11.8. The third kappa shape index (κ3) is 2.82. The summed E-state index contributed by atoms with van der Waals surface area (Å²) in [6.07, 6.45) is 1.96. The first kappa shape index (κ1) is 15.3. The Morgan fingerprint density at radius 2 is 2.15 bits per heavy atom. The third-order valence-corrected chi connectivity index (χ3v) is 4.14. The van der Waals surface area contributed by atoms with Gasteiger partial charge in [-0.2, -0.15) is 0 Å². The summed E-state index contributed by atoms with van der Waals surface area (Å²) in [4.78, 5) is 16.6. The van der Waals surface area contributed by atoms with Crippen molar-refractivity contribution >= 4 is 24.0 Å². The summed E-state index contributed by atoms with van der Waals surface area (Å²) in [5.41, 5.74) is 8.26. The smallest absolute Gasteiger partial charge is 0.241 e. The van der Waals surface area contributed by atoms with E-state index in [0.717, 1.165) is 31.6 Å². The Labute approximate surface area is 126 Å². The Morgan fingerprint density at radius 1 is 1.40 bits per heavy atom. The van der Waals surface area contributed by atoms with E-state index in [9.17, 15) is 4.79 Å². The molecule has 1 aromatic rings. The number of amides is 1. The Bertz CT molecular complexity index is 494. The summed E-state index contributed by atoms with van der Waals surface area (Å²) < 4.78 is 0. The van der Waals surface area contributed by atoms with Crippen LogP contribution in [0.2, 0.25) is 0 Å². The van der Waals surface area contributed by atoms with Crippen LogP contribution in [0.25, 0.3) is 0 Å². The quantitative estimate of drug-likeness (QED) is 0.898. The van der Waals surface area contributed by atoms with Crippen LogP contribution in [0.3, 0.4) is 0 Å². The number of nitrogens with two attached hydrogens (primary N) is 1. The van der Waals surface area contributed by atoms with Gasteiger partial charge < -0.3 is 10.6 Å². The summed E-state index contributed by atoms with van der Waals surface area (Å²) >= 11 is 0. The molecule has 1 aromatic carbocycles. The molecule has 4 nitrogen and oxygen atoms in total. The van der Waals surface area contributed by atoms with Crippen LogP contribution in [0.5, 0.6) is 0 Å². The van der Waals surface area contributed by atoms with Crippen LogP contribution in [-0.2, 0) is 11.2 Å². The van der Waals surface area contributed by atoms with Gasteiger partial charge in [-0.3, -0.25) is 9.69 Å². The number of para-hydroxylation sites is 1.